The zero-order valence-electron chi connectivity index (χ0n) is 14.7. The van der Waals surface area contributed by atoms with Crippen LogP contribution in [0.4, 0.5) is 15.8 Å². The molecule has 140 valence electrons. The fourth-order valence-electron chi connectivity index (χ4n) is 2.55. The Morgan fingerprint density at radius 1 is 1.33 bits per heavy atom. The number of para-hydroxylation sites is 1. The molecule has 0 aliphatic carbocycles. The molecule has 27 heavy (non-hydrogen) atoms. The quantitative estimate of drug-likeness (QED) is 0.821. The summed E-state index contributed by atoms with van der Waals surface area (Å²) in [6.07, 6.45) is 0.0331. The topological polar surface area (TPSA) is 61.8 Å². The number of amidine groups is 1. The molecule has 1 N–H and O–H groups in total. The lowest BCUT2D eigenvalue weighted by Crippen LogP contribution is -2.30. The molecule has 3 rings (SSSR count). The fraction of sp³-hybridized carbons (Fsp3) is 0.211. The van der Waals surface area contributed by atoms with Crippen molar-refractivity contribution in [3.8, 4) is 0 Å². The van der Waals surface area contributed by atoms with Gasteiger partial charge < -0.3 is 5.32 Å². The summed E-state index contributed by atoms with van der Waals surface area (Å²) in [5.74, 6) is -0.976. The van der Waals surface area contributed by atoms with Gasteiger partial charge in [-0.2, -0.15) is 0 Å². The van der Waals surface area contributed by atoms with Crippen LogP contribution in [-0.4, -0.2) is 34.2 Å². The van der Waals surface area contributed by atoms with Gasteiger partial charge in [0.1, 0.15) is 11.1 Å². The molecule has 0 spiro atoms. The maximum absolute atomic E-state index is 13.3. The van der Waals surface area contributed by atoms with E-state index in [0.717, 1.165) is 11.3 Å². The van der Waals surface area contributed by atoms with Crippen LogP contribution >= 0.6 is 23.4 Å². The molecular formula is C19H17ClFN3O2S. The summed E-state index contributed by atoms with van der Waals surface area (Å²) in [4.78, 5) is 30.5. The van der Waals surface area contributed by atoms with Gasteiger partial charge in [-0.15, -0.1) is 0 Å². The van der Waals surface area contributed by atoms with E-state index in [1.54, 1.807) is 7.05 Å². The third kappa shape index (κ3) is 4.48. The number of thioether (sulfide) groups is 1. The van der Waals surface area contributed by atoms with Crippen molar-refractivity contribution < 1.29 is 14.0 Å². The Kier molecular flexibility index (Phi) is 5.82. The lowest BCUT2D eigenvalue weighted by molar-refractivity contribution is -0.127. The number of aliphatic imine (C=N–C) groups is 1. The highest BCUT2D eigenvalue weighted by molar-refractivity contribution is 8.15. The molecule has 1 fully saturated rings. The summed E-state index contributed by atoms with van der Waals surface area (Å²) in [6.45, 7) is 1.90. The minimum absolute atomic E-state index is 0.0331. The molecule has 1 aliphatic heterocycles. The summed E-state index contributed by atoms with van der Waals surface area (Å²) in [5.41, 5.74) is 2.11. The molecule has 1 aliphatic rings. The third-order valence-corrected chi connectivity index (χ3v) is 5.58. The molecule has 0 radical (unpaired) electrons. The van der Waals surface area contributed by atoms with E-state index in [4.69, 9.17) is 11.6 Å². The molecule has 2 amide bonds. The van der Waals surface area contributed by atoms with Crippen LogP contribution in [0.2, 0.25) is 5.02 Å². The number of benzene rings is 2. The third-order valence-electron chi connectivity index (χ3n) is 4.06. The second kappa shape index (κ2) is 8.10. The van der Waals surface area contributed by atoms with E-state index < -0.39 is 11.1 Å². The van der Waals surface area contributed by atoms with E-state index in [-0.39, 0.29) is 23.3 Å². The van der Waals surface area contributed by atoms with Crippen LogP contribution in [0.5, 0.6) is 0 Å². The monoisotopic (exact) mass is 405 g/mol. The number of nitrogens with zero attached hydrogens (tertiary/aromatic N) is 2. The number of hydrogen-bond donors (Lipinski definition) is 1. The Morgan fingerprint density at radius 2 is 2.07 bits per heavy atom. The van der Waals surface area contributed by atoms with Crippen LogP contribution in [0.1, 0.15) is 12.0 Å². The zero-order chi connectivity index (χ0) is 19.6. The van der Waals surface area contributed by atoms with Crippen molar-refractivity contribution >= 4 is 51.7 Å². The maximum atomic E-state index is 13.3. The molecule has 2 aromatic rings. The molecule has 1 heterocycles. The second-order valence-electron chi connectivity index (χ2n) is 6.06. The summed E-state index contributed by atoms with van der Waals surface area (Å²) in [5, 5.41) is 2.67. The van der Waals surface area contributed by atoms with Gasteiger partial charge in [-0.3, -0.25) is 14.5 Å². The Morgan fingerprint density at radius 3 is 2.78 bits per heavy atom. The molecule has 1 saturated heterocycles. The second-order valence-corrected chi connectivity index (χ2v) is 7.64. The predicted molar refractivity (Wildman–Crippen MR) is 107 cm³/mol. The van der Waals surface area contributed by atoms with E-state index in [2.05, 4.69) is 10.3 Å². The average molecular weight is 406 g/mol. The van der Waals surface area contributed by atoms with Crippen LogP contribution in [-0.2, 0) is 9.59 Å². The van der Waals surface area contributed by atoms with Crippen LogP contribution in [0.15, 0.2) is 47.5 Å². The lowest BCUT2D eigenvalue weighted by Gasteiger charge is -2.10. The van der Waals surface area contributed by atoms with Crippen LogP contribution < -0.4 is 5.32 Å². The van der Waals surface area contributed by atoms with Gasteiger partial charge >= 0.3 is 0 Å². The fourth-order valence-corrected chi connectivity index (χ4v) is 3.87. The molecule has 0 bridgehead atoms. The smallest absolute Gasteiger partial charge is 0.242 e. The number of carbonyl (C=O) groups excluding carboxylic acids is 2. The first-order chi connectivity index (χ1) is 12.8. The number of rotatable bonds is 4. The van der Waals surface area contributed by atoms with Gasteiger partial charge in [-0.1, -0.05) is 41.6 Å². The average Bonchev–Trinajstić information content (AvgIpc) is 2.88. The molecule has 0 unspecified atom stereocenters. The first-order valence-corrected chi connectivity index (χ1v) is 9.44. The normalized spacial score (nSPS) is 18.2. The lowest BCUT2D eigenvalue weighted by atomic mass is 10.2. The minimum Gasteiger partial charge on any atom is -0.326 e. The largest absolute Gasteiger partial charge is 0.326 e. The van der Waals surface area contributed by atoms with E-state index in [0.29, 0.717) is 10.9 Å². The van der Waals surface area contributed by atoms with Crippen molar-refractivity contribution in [1.29, 1.82) is 0 Å². The van der Waals surface area contributed by atoms with Crippen molar-refractivity contribution in [3.63, 3.8) is 0 Å². The minimum atomic E-state index is -0.561. The molecular weight excluding hydrogens is 389 g/mol. The number of halogens is 2. The molecule has 5 nitrogen and oxygen atoms in total. The highest BCUT2D eigenvalue weighted by atomic mass is 35.5. The van der Waals surface area contributed by atoms with Gasteiger partial charge in [0.2, 0.25) is 11.8 Å². The SMILES string of the molecule is Cc1ccccc1NC(=O)C[C@H]1SC(=Nc2ccc(F)c(Cl)c2)N(C)C1=O. The summed E-state index contributed by atoms with van der Waals surface area (Å²) in [6, 6.07) is 11.5. The number of amides is 2. The molecule has 2 aromatic carbocycles. The van der Waals surface area contributed by atoms with E-state index in [1.807, 2.05) is 31.2 Å². The van der Waals surface area contributed by atoms with E-state index >= 15 is 0 Å². The number of hydrogen-bond acceptors (Lipinski definition) is 4. The van der Waals surface area contributed by atoms with Crippen LogP contribution in [0.3, 0.4) is 0 Å². The number of carbonyl (C=O) groups is 2. The van der Waals surface area contributed by atoms with Gasteiger partial charge in [0, 0.05) is 19.2 Å². The molecule has 1 atom stereocenters. The van der Waals surface area contributed by atoms with Gasteiger partial charge in [0.05, 0.1) is 10.7 Å². The van der Waals surface area contributed by atoms with Crippen molar-refractivity contribution in [2.24, 2.45) is 4.99 Å². The van der Waals surface area contributed by atoms with Gasteiger partial charge in [-0.25, -0.2) is 9.38 Å². The first kappa shape index (κ1) is 19.4. The van der Waals surface area contributed by atoms with Crippen LogP contribution in [0, 0.1) is 12.7 Å². The van der Waals surface area contributed by atoms with Gasteiger partial charge in [-0.05, 0) is 36.8 Å². The Hall–Kier alpha value is -2.38. The summed E-state index contributed by atoms with van der Waals surface area (Å²) < 4.78 is 13.3. The molecule has 0 saturated carbocycles. The van der Waals surface area contributed by atoms with Crippen molar-refractivity contribution in [3.05, 3.63) is 58.9 Å². The predicted octanol–water partition coefficient (Wildman–Crippen LogP) is 4.38. The molecule has 8 heteroatoms. The zero-order valence-corrected chi connectivity index (χ0v) is 16.3. The van der Waals surface area contributed by atoms with Crippen molar-refractivity contribution in [2.45, 2.75) is 18.6 Å². The number of aryl methyl sites for hydroxylation is 1. The Balaban J connectivity index is 1.70. The summed E-state index contributed by atoms with van der Waals surface area (Å²) >= 11 is 6.97. The Bertz CT molecular complexity index is 935. The van der Waals surface area contributed by atoms with E-state index in [1.165, 1.54) is 34.9 Å². The van der Waals surface area contributed by atoms with Gasteiger partial charge in [0.15, 0.2) is 5.17 Å². The number of anilines is 1. The first-order valence-electron chi connectivity index (χ1n) is 8.18. The highest BCUT2D eigenvalue weighted by Gasteiger charge is 2.37. The maximum Gasteiger partial charge on any atom is 0.242 e. The van der Waals surface area contributed by atoms with Crippen molar-refractivity contribution in [2.75, 3.05) is 12.4 Å². The highest BCUT2D eigenvalue weighted by Crippen LogP contribution is 2.31. The van der Waals surface area contributed by atoms with Gasteiger partial charge in [0.25, 0.3) is 0 Å². The van der Waals surface area contributed by atoms with E-state index in [9.17, 15) is 14.0 Å². The Labute approximate surface area is 165 Å². The molecule has 0 aromatic heterocycles. The number of nitrogens with one attached hydrogen (secondary N) is 1. The van der Waals surface area contributed by atoms with Crippen LogP contribution in [0.25, 0.3) is 0 Å². The summed E-state index contributed by atoms with van der Waals surface area (Å²) in [7, 11) is 1.60. The standard InChI is InChI=1S/C19H17ClFN3O2S/c1-11-5-3-4-6-15(11)23-17(25)10-16-18(26)24(2)19(27-16)22-12-7-8-14(21)13(20)9-12/h3-9,16H,10H2,1-2H3,(H,23,25)/t16-/m1/s1. The van der Waals surface area contributed by atoms with Crippen molar-refractivity contribution in [1.82, 2.24) is 4.90 Å².